The molecule has 1 aromatic heterocycles. The molecule has 0 aliphatic heterocycles. The highest BCUT2D eigenvalue weighted by Crippen LogP contribution is 2.09. The minimum Gasteiger partial charge on any atom is -0.395 e. The van der Waals surface area contributed by atoms with Crippen LogP contribution in [0.15, 0.2) is 23.4 Å². The molecule has 0 amide bonds. The molecule has 1 aromatic rings. The van der Waals surface area contributed by atoms with Crippen molar-refractivity contribution < 1.29 is 13.5 Å². The zero-order chi connectivity index (χ0) is 14.8. The van der Waals surface area contributed by atoms with Gasteiger partial charge in [0.2, 0.25) is 10.0 Å². The standard InChI is InChI=1S/C14H20N2O3S/c1-2-3-5-8-16-20(18,19)14-10-13(11-15-12-14)7-4-6-9-17/h10-12,16-17H,2-3,5-6,8-9H2,1H3. The summed E-state index contributed by atoms with van der Waals surface area (Å²) < 4.78 is 26.6. The smallest absolute Gasteiger partial charge is 0.242 e. The number of aliphatic hydroxyl groups excluding tert-OH is 1. The van der Waals surface area contributed by atoms with E-state index in [2.05, 4.69) is 28.5 Å². The van der Waals surface area contributed by atoms with Crippen molar-refractivity contribution in [2.24, 2.45) is 0 Å². The van der Waals surface area contributed by atoms with E-state index in [9.17, 15) is 8.42 Å². The average molecular weight is 296 g/mol. The lowest BCUT2D eigenvalue weighted by Crippen LogP contribution is -2.25. The fourth-order valence-electron chi connectivity index (χ4n) is 1.52. The van der Waals surface area contributed by atoms with Gasteiger partial charge in [0.05, 0.1) is 6.61 Å². The summed E-state index contributed by atoms with van der Waals surface area (Å²) in [6.07, 6.45) is 6.01. The quantitative estimate of drug-likeness (QED) is 0.587. The summed E-state index contributed by atoms with van der Waals surface area (Å²) in [5.74, 6) is 5.50. The first-order valence-corrected chi connectivity index (χ1v) is 8.13. The normalized spacial score (nSPS) is 10.9. The molecule has 0 saturated carbocycles. The summed E-state index contributed by atoms with van der Waals surface area (Å²) in [6, 6.07) is 1.49. The molecule has 2 N–H and O–H groups in total. The second-order valence-corrected chi connectivity index (χ2v) is 6.06. The highest BCUT2D eigenvalue weighted by atomic mass is 32.2. The van der Waals surface area contributed by atoms with Crippen LogP contribution in [0.2, 0.25) is 0 Å². The van der Waals surface area contributed by atoms with Crippen molar-refractivity contribution in [2.45, 2.75) is 37.5 Å². The molecule has 1 heterocycles. The number of aliphatic hydroxyl groups is 1. The Hall–Kier alpha value is -1.42. The first kappa shape index (κ1) is 16.6. The summed E-state index contributed by atoms with van der Waals surface area (Å²) in [5, 5.41) is 8.64. The van der Waals surface area contributed by atoms with Gasteiger partial charge in [-0.05, 0) is 12.5 Å². The molecule has 1 rings (SSSR count). The van der Waals surface area contributed by atoms with Gasteiger partial charge in [-0.1, -0.05) is 31.6 Å². The monoisotopic (exact) mass is 296 g/mol. The lowest BCUT2D eigenvalue weighted by molar-refractivity contribution is 0.305. The maximum atomic E-state index is 12.0. The summed E-state index contributed by atoms with van der Waals surface area (Å²) >= 11 is 0. The van der Waals surface area contributed by atoms with Gasteiger partial charge in [0.15, 0.2) is 0 Å². The number of rotatable bonds is 7. The molecule has 6 heteroatoms. The van der Waals surface area contributed by atoms with E-state index in [1.165, 1.54) is 18.5 Å². The highest BCUT2D eigenvalue weighted by Gasteiger charge is 2.13. The molecule has 0 aliphatic carbocycles. The van der Waals surface area contributed by atoms with E-state index in [1.54, 1.807) is 0 Å². The summed E-state index contributed by atoms with van der Waals surface area (Å²) in [6.45, 7) is 2.47. The zero-order valence-electron chi connectivity index (χ0n) is 11.6. The lowest BCUT2D eigenvalue weighted by atomic mass is 10.3. The molecule has 5 nitrogen and oxygen atoms in total. The molecule has 0 saturated heterocycles. The summed E-state index contributed by atoms with van der Waals surface area (Å²) in [5.41, 5.74) is 0.523. The fourth-order valence-corrected chi connectivity index (χ4v) is 2.58. The topological polar surface area (TPSA) is 79.3 Å². The molecule has 0 bridgehead atoms. The van der Waals surface area contributed by atoms with Crippen LogP contribution < -0.4 is 4.72 Å². The maximum Gasteiger partial charge on any atom is 0.242 e. The van der Waals surface area contributed by atoms with Gasteiger partial charge in [0.25, 0.3) is 0 Å². The Morgan fingerprint density at radius 1 is 1.35 bits per heavy atom. The van der Waals surface area contributed by atoms with Crippen molar-refractivity contribution in [3.05, 3.63) is 24.0 Å². The maximum absolute atomic E-state index is 12.0. The molecule has 0 fully saturated rings. The van der Waals surface area contributed by atoms with E-state index in [0.717, 1.165) is 19.3 Å². The Morgan fingerprint density at radius 2 is 2.15 bits per heavy atom. The van der Waals surface area contributed by atoms with Gasteiger partial charge in [-0.3, -0.25) is 4.98 Å². The number of hydrogen-bond donors (Lipinski definition) is 2. The second kappa shape index (κ2) is 8.69. The van der Waals surface area contributed by atoms with Crippen molar-refractivity contribution in [1.29, 1.82) is 0 Å². The Balaban J connectivity index is 2.75. The number of hydrogen-bond acceptors (Lipinski definition) is 4. The van der Waals surface area contributed by atoms with Gasteiger partial charge in [0.1, 0.15) is 4.90 Å². The Kier molecular flexibility index (Phi) is 7.23. The van der Waals surface area contributed by atoms with Crippen LogP contribution in [0.25, 0.3) is 0 Å². The summed E-state index contributed by atoms with van der Waals surface area (Å²) in [7, 11) is -3.52. The van der Waals surface area contributed by atoms with E-state index >= 15 is 0 Å². The highest BCUT2D eigenvalue weighted by molar-refractivity contribution is 7.89. The first-order valence-electron chi connectivity index (χ1n) is 6.64. The summed E-state index contributed by atoms with van der Waals surface area (Å²) in [4.78, 5) is 4.01. The number of nitrogens with zero attached hydrogens (tertiary/aromatic N) is 1. The predicted molar refractivity (Wildman–Crippen MR) is 77.5 cm³/mol. The molecule has 20 heavy (non-hydrogen) atoms. The fraction of sp³-hybridized carbons (Fsp3) is 0.500. The van der Waals surface area contributed by atoms with Crippen molar-refractivity contribution in [2.75, 3.05) is 13.2 Å². The van der Waals surface area contributed by atoms with E-state index < -0.39 is 10.0 Å². The molecule has 0 radical (unpaired) electrons. The second-order valence-electron chi connectivity index (χ2n) is 4.29. The molecule has 0 unspecified atom stereocenters. The van der Waals surface area contributed by atoms with E-state index in [-0.39, 0.29) is 11.5 Å². The van der Waals surface area contributed by atoms with Gasteiger partial charge in [-0.2, -0.15) is 0 Å². The number of nitrogens with one attached hydrogen (secondary N) is 1. The molecule has 0 spiro atoms. The van der Waals surface area contributed by atoms with Crippen molar-refractivity contribution in [3.8, 4) is 11.8 Å². The first-order chi connectivity index (χ1) is 9.60. The Bertz CT molecular complexity index is 574. The van der Waals surface area contributed by atoms with Crippen LogP contribution in [0.1, 0.15) is 38.2 Å². The van der Waals surface area contributed by atoms with Crippen LogP contribution in [-0.2, 0) is 10.0 Å². The SMILES string of the molecule is CCCCCNS(=O)(=O)c1cncc(C#CCCO)c1. The van der Waals surface area contributed by atoms with Crippen LogP contribution in [0.4, 0.5) is 0 Å². The van der Waals surface area contributed by atoms with Gasteiger partial charge in [-0.25, -0.2) is 13.1 Å². The van der Waals surface area contributed by atoms with Crippen molar-refractivity contribution >= 4 is 10.0 Å². The van der Waals surface area contributed by atoms with Gasteiger partial charge < -0.3 is 5.11 Å². The molecule has 0 aliphatic rings. The Morgan fingerprint density at radius 3 is 2.85 bits per heavy atom. The minimum absolute atomic E-state index is 0.0165. The van der Waals surface area contributed by atoms with E-state index in [1.807, 2.05) is 0 Å². The third-order valence-electron chi connectivity index (χ3n) is 2.57. The van der Waals surface area contributed by atoms with Crippen molar-refractivity contribution in [1.82, 2.24) is 9.71 Å². The Labute approximate surface area is 120 Å². The minimum atomic E-state index is -3.52. The molecular weight excluding hydrogens is 276 g/mol. The van der Waals surface area contributed by atoms with Gasteiger partial charge >= 0.3 is 0 Å². The lowest BCUT2D eigenvalue weighted by Gasteiger charge is -2.06. The van der Waals surface area contributed by atoms with E-state index in [0.29, 0.717) is 18.5 Å². The van der Waals surface area contributed by atoms with Crippen molar-refractivity contribution in [3.63, 3.8) is 0 Å². The zero-order valence-corrected chi connectivity index (χ0v) is 12.4. The molecule has 0 atom stereocenters. The van der Waals surface area contributed by atoms with Crippen LogP contribution in [-0.4, -0.2) is 31.7 Å². The third kappa shape index (κ3) is 5.70. The number of aromatic nitrogens is 1. The van der Waals surface area contributed by atoms with Gasteiger partial charge in [-0.15, -0.1) is 0 Å². The van der Waals surface area contributed by atoms with Crippen LogP contribution in [0.3, 0.4) is 0 Å². The van der Waals surface area contributed by atoms with Crippen LogP contribution in [0, 0.1) is 11.8 Å². The van der Waals surface area contributed by atoms with E-state index in [4.69, 9.17) is 5.11 Å². The third-order valence-corrected chi connectivity index (χ3v) is 3.99. The van der Waals surface area contributed by atoms with Crippen LogP contribution >= 0.6 is 0 Å². The largest absolute Gasteiger partial charge is 0.395 e. The number of sulfonamides is 1. The average Bonchev–Trinajstić information content (AvgIpc) is 2.44. The predicted octanol–water partition coefficient (Wildman–Crippen LogP) is 1.28. The number of unbranched alkanes of at least 4 members (excludes halogenated alkanes) is 2. The molecule has 0 aromatic carbocycles. The number of pyridine rings is 1. The molecule has 110 valence electrons. The molecular formula is C14H20N2O3S. The van der Waals surface area contributed by atoms with Gasteiger partial charge in [0, 0.05) is 30.9 Å². The van der Waals surface area contributed by atoms with Crippen LogP contribution in [0.5, 0.6) is 0 Å².